The van der Waals surface area contributed by atoms with Gasteiger partial charge in [0.25, 0.3) is 0 Å². The predicted octanol–water partition coefficient (Wildman–Crippen LogP) is -21.8. The van der Waals surface area contributed by atoms with Gasteiger partial charge < -0.3 is 30.6 Å². The molecule has 12 heteroatoms. The van der Waals surface area contributed by atoms with Gasteiger partial charge in [-0.3, -0.25) is 0 Å². The molecule has 1 aromatic rings. The smallest absolute Gasteiger partial charge is 0.873 e. The summed E-state index contributed by atoms with van der Waals surface area (Å²) in [5.41, 5.74) is 0. The van der Waals surface area contributed by atoms with Crippen molar-refractivity contribution in [3.8, 4) is 34.5 Å². The first-order chi connectivity index (χ1) is 5.46. The monoisotopic (exact) mass is 210 g/mol. The number of benzene rings is 1. The minimum atomic E-state index is -1.73. The molecule has 0 aliphatic carbocycles. The first-order valence-electron chi connectivity index (χ1n) is 2.72. The van der Waals surface area contributed by atoms with Crippen molar-refractivity contribution in [3.05, 3.63) is 0 Å². The van der Waals surface area contributed by atoms with Crippen molar-refractivity contribution in [1.29, 1.82) is 0 Å². The van der Waals surface area contributed by atoms with Gasteiger partial charge in [-0.05, 0) is 0 Å². The molecule has 66 valence electrons. The Morgan fingerprint density at radius 1 is 0.278 bits per heavy atom. The van der Waals surface area contributed by atoms with Crippen molar-refractivity contribution in [2.45, 2.75) is 0 Å². The number of hydrogen-bond acceptors (Lipinski definition) is 6. The van der Waals surface area contributed by atoms with Crippen LogP contribution >= 0.6 is 0 Å². The zero-order valence-corrected chi connectivity index (χ0v) is 11.4. The molecule has 0 amide bonds. The van der Waals surface area contributed by atoms with Crippen LogP contribution in [0.5, 0.6) is 34.5 Å². The van der Waals surface area contributed by atoms with Crippen LogP contribution in [0.15, 0.2) is 0 Å². The Kier molecular flexibility index (Phi) is 30.6. The molecule has 0 bridgehead atoms. The van der Waals surface area contributed by atoms with E-state index >= 15 is 0 Å². The van der Waals surface area contributed by atoms with Crippen LogP contribution in [0.4, 0.5) is 0 Å². The summed E-state index contributed by atoms with van der Waals surface area (Å²) < 4.78 is 0. The number of hydrogen-bond donors (Lipinski definition) is 0. The molecule has 0 atom stereocenters. The van der Waals surface area contributed by atoms with Gasteiger partial charge >= 0.3 is 113 Å². The Hall–Kier alpha value is 1.60. The molecule has 0 N–H and O–H groups in total. The molecule has 0 heterocycles. The summed E-state index contributed by atoms with van der Waals surface area (Å²) in [4.78, 5) is 0. The van der Waals surface area contributed by atoms with Gasteiger partial charge in [0.2, 0.25) is 0 Å². The Morgan fingerprint density at radius 3 is 0.389 bits per heavy atom. The summed E-state index contributed by atoms with van der Waals surface area (Å²) in [5, 5.41) is 62.4. The summed E-state index contributed by atoms with van der Waals surface area (Å²) in [6, 6.07) is 0. The average Bonchev–Trinajstić information content (AvgIpc) is 2.08. The first kappa shape index (κ1) is 36.7. The minimum Gasteiger partial charge on any atom is -0.873 e. The molecule has 6 nitrogen and oxygen atoms in total. The SMILES string of the molecule is [Li+].[Li+].[Li+].[Li+].[Li+].[Li+].[O-]c1c([O-])c([O-])c([O-])c([O-])c1[O-]. The maximum atomic E-state index is 10.4. The summed E-state index contributed by atoms with van der Waals surface area (Å²) in [6.07, 6.45) is 0. The summed E-state index contributed by atoms with van der Waals surface area (Å²) in [5.74, 6) is -10.4. The molecule has 0 aliphatic heterocycles. The van der Waals surface area contributed by atoms with Crippen LogP contribution in [-0.2, 0) is 0 Å². The van der Waals surface area contributed by atoms with E-state index in [1.807, 2.05) is 0 Å². The topological polar surface area (TPSA) is 138 Å². The van der Waals surface area contributed by atoms with Gasteiger partial charge in [0, 0.05) is 0 Å². The van der Waals surface area contributed by atoms with Gasteiger partial charge in [0.05, 0.1) is 0 Å². The quantitative estimate of drug-likeness (QED) is 0.389. The summed E-state index contributed by atoms with van der Waals surface area (Å²) in [6.45, 7) is 0. The largest absolute Gasteiger partial charge is 1.00 e. The normalized spacial score (nSPS) is 6.67. The van der Waals surface area contributed by atoms with Crippen LogP contribution in [-0.4, -0.2) is 0 Å². The molecule has 0 saturated heterocycles. The van der Waals surface area contributed by atoms with E-state index in [1.165, 1.54) is 0 Å². The fourth-order valence-corrected chi connectivity index (χ4v) is 0.619. The van der Waals surface area contributed by atoms with E-state index in [1.54, 1.807) is 0 Å². The van der Waals surface area contributed by atoms with Gasteiger partial charge in [-0.1, -0.05) is 0 Å². The molecule has 0 aliphatic rings. The molecule has 1 aromatic carbocycles. The van der Waals surface area contributed by atoms with Gasteiger partial charge in [0.15, 0.2) is 0 Å². The van der Waals surface area contributed by atoms with Crippen LogP contribution in [0, 0.1) is 0 Å². The Balaban J connectivity index is -0.0000000600. The van der Waals surface area contributed by atoms with E-state index in [9.17, 15) is 30.6 Å². The average molecular weight is 210 g/mol. The summed E-state index contributed by atoms with van der Waals surface area (Å²) >= 11 is 0. The molecule has 0 spiro atoms. The molecule has 1 rings (SSSR count). The van der Waals surface area contributed by atoms with Crippen LogP contribution in [0.2, 0.25) is 0 Å². The van der Waals surface area contributed by atoms with E-state index in [2.05, 4.69) is 0 Å². The van der Waals surface area contributed by atoms with Crippen LogP contribution in [0.1, 0.15) is 0 Å². The zero-order valence-electron chi connectivity index (χ0n) is 11.4. The second-order valence-electron chi connectivity index (χ2n) is 1.97. The molecule has 0 unspecified atom stereocenters. The maximum absolute atomic E-state index is 10.4. The standard InChI is InChI=1S/C6H6O6.6Li/c7-1-2(8)4(10)6(12)5(11)3(1)9;;;;;;/h7-12H;;;;;;/q;6*+1/p-6. The van der Waals surface area contributed by atoms with Gasteiger partial charge in [-0.25, -0.2) is 0 Å². The fraction of sp³-hybridized carbons (Fsp3) is 0. The third-order valence-electron chi connectivity index (χ3n) is 1.24. The fourth-order valence-electron chi connectivity index (χ4n) is 0.619. The van der Waals surface area contributed by atoms with E-state index < -0.39 is 34.5 Å². The van der Waals surface area contributed by atoms with Crippen molar-refractivity contribution < 1.29 is 144 Å². The predicted molar refractivity (Wildman–Crippen MR) is 23.1 cm³/mol. The van der Waals surface area contributed by atoms with Crippen LogP contribution in [0.25, 0.3) is 0 Å². The van der Waals surface area contributed by atoms with Crippen molar-refractivity contribution >= 4 is 0 Å². The first-order valence-corrected chi connectivity index (χ1v) is 2.72. The molecule has 0 saturated carbocycles. The van der Waals surface area contributed by atoms with E-state index in [0.29, 0.717) is 0 Å². The van der Waals surface area contributed by atoms with Crippen molar-refractivity contribution in [1.82, 2.24) is 0 Å². The molecular formula is C6Li6O6. The second kappa shape index (κ2) is 15.0. The van der Waals surface area contributed by atoms with Crippen molar-refractivity contribution in [2.24, 2.45) is 0 Å². The van der Waals surface area contributed by atoms with Gasteiger partial charge in [-0.2, -0.15) is 0 Å². The number of rotatable bonds is 0. The molecule has 0 aromatic heterocycles. The minimum absolute atomic E-state index is 0. The third-order valence-corrected chi connectivity index (χ3v) is 1.24. The van der Waals surface area contributed by atoms with Gasteiger partial charge in [-0.15, -0.1) is 34.5 Å². The van der Waals surface area contributed by atoms with Crippen LogP contribution < -0.4 is 144 Å². The Bertz CT molecular complexity index is 243. The van der Waals surface area contributed by atoms with Crippen molar-refractivity contribution in [3.63, 3.8) is 0 Å². The van der Waals surface area contributed by atoms with Crippen LogP contribution in [0.3, 0.4) is 0 Å². The van der Waals surface area contributed by atoms with Crippen molar-refractivity contribution in [2.75, 3.05) is 0 Å². The van der Waals surface area contributed by atoms with E-state index in [4.69, 9.17) is 0 Å². The molecule has 18 heavy (non-hydrogen) atoms. The maximum Gasteiger partial charge on any atom is 1.00 e. The molecule has 0 fully saturated rings. The second-order valence-corrected chi connectivity index (χ2v) is 1.97. The van der Waals surface area contributed by atoms with E-state index in [-0.39, 0.29) is 113 Å². The Labute approximate surface area is 176 Å². The van der Waals surface area contributed by atoms with Gasteiger partial charge in [0.1, 0.15) is 0 Å². The molecule has 0 radical (unpaired) electrons. The third kappa shape index (κ3) is 7.40. The zero-order chi connectivity index (χ0) is 9.46. The summed E-state index contributed by atoms with van der Waals surface area (Å²) in [7, 11) is 0. The molecular weight excluding hydrogens is 210 g/mol. The Morgan fingerprint density at radius 2 is 0.333 bits per heavy atom. The van der Waals surface area contributed by atoms with E-state index in [0.717, 1.165) is 0 Å².